The molecule has 3 rings (SSSR count). The third-order valence-electron chi connectivity index (χ3n) is 15.0. The summed E-state index contributed by atoms with van der Waals surface area (Å²) in [4.78, 5) is 13.3. The Hall–Kier alpha value is -3.81. The van der Waals surface area contributed by atoms with Crippen molar-refractivity contribution in [1.29, 1.82) is 0 Å². The maximum Gasteiger partial charge on any atom is 0.220 e. The summed E-state index contributed by atoms with van der Waals surface area (Å²) in [6.45, 7) is 1.51. The molecule has 3 fully saturated rings. The molecule has 3 aliphatic heterocycles. The van der Waals surface area contributed by atoms with Gasteiger partial charge >= 0.3 is 0 Å². The summed E-state index contributed by atoms with van der Waals surface area (Å²) >= 11 is 0. The summed E-state index contributed by atoms with van der Waals surface area (Å²) in [5.41, 5.74) is 0. The number of aliphatic hydroxyl groups excluding tert-OH is 11. The smallest absolute Gasteiger partial charge is 0.220 e. The van der Waals surface area contributed by atoms with Crippen molar-refractivity contribution in [2.75, 3.05) is 26.4 Å². The van der Waals surface area contributed by atoms with Gasteiger partial charge in [0.2, 0.25) is 5.91 Å². The van der Waals surface area contributed by atoms with Crippen LogP contribution in [0.2, 0.25) is 0 Å². The van der Waals surface area contributed by atoms with Gasteiger partial charge in [-0.2, -0.15) is 0 Å². The molecule has 0 radical (unpaired) electrons. The number of unbranched alkanes of at least 4 members (excludes halogenated alkanes) is 11. The molecule has 3 saturated heterocycles. The molecule has 0 saturated carbocycles. The van der Waals surface area contributed by atoms with Crippen molar-refractivity contribution >= 4 is 5.91 Å². The van der Waals surface area contributed by atoms with Crippen LogP contribution in [0.1, 0.15) is 162 Å². The lowest BCUT2D eigenvalue weighted by Gasteiger charge is -2.48. The van der Waals surface area contributed by atoms with Crippen LogP contribution in [0.25, 0.3) is 0 Å². The molecule has 0 aromatic rings. The van der Waals surface area contributed by atoms with Gasteiger partial charge < -0.3 is 89.9 Å². The van der Waals surface area contributed by atoms with Crippen LogP contribution in [0.4, 0.5) is 0 Å². The molecule has 490 valence electrons. The molecule has 0 aromatic heterocycles. The van der Waals surface area contributed by atoms with Crippen molar-refractivity contribution in [3.8, 4) is 0 Å². The number of amides is 1. The zero-order valence-corrected chi connectivity index (χ0v) is 51.2. The van der Waals surface area contributed by atoms with E-state index in [-0.39, 0.29) is 12.3 Å². The molecule has 0 spiro atoms. The first kappa shape index (κ1) is 76.4. The van der Waals surface area contributed by atoms with E-state index in [0.29, 0.717) is 19.3 Å². The summed E-state index contributed by atoms with van der Waals surface area (Å²) in [7, 11) is 0. The third-order valence-corrected chi connectivity index (χ3v) is 15.0. The average molecular weight is 1220 g/mol. The Kier molecular flexibility index (Phi) is 42.7. The van der Waals surface area contributed by atoms with E-state index in [1.54, 1.807) is 6.08 Å². The fraction of sp³-hybridized carbons (Fsp3) is 0.687. The minimum absolute atomic E-state index is 0.144. The van der Waals surface area contributed by atoms with Crippen molar-refractivity contribution in [3.05, 3.63) is 122 Å². The van der Waals surface area contributed by atoms with Crippen LogP contribution < -0.4 is 5.32 Å². The largest absolute Gasteiger partial charge is 0.394 e. The van der Waals surface area contributed by atoms with Gasteiger partial charge in [0.15, 0.2) is 18.9 Å². The molecule has 0 bridgehead atoms. The summed E-state index contributed by atoms with van der Waals surface area (Å²) < 4.78 is 34.2. The quantitative estimate of drug-likeness (QED) is 0.0219. The first-order chi connectivity index (χ1) is 41.8. The van der Waals surface area contributed by atoms with Crippen molar-refractivity contribution in [2.24, 2.45) is 0 Å². The Morgan fingerprint density at radius 1 is 0.430 bits per heavy atom. The SMILES string of the molecule is CC/C=C\C/C=C\C/C=C\C/C=C\C/C=C\C/C=C\C/C=C\CCCC(=O)NC(COC1OC(CO)C(OC2OC(CO)C(OC3OC(CO)C(O)C(O)C3O)C(O)C2O)C(O)C1O)C(O)/C=C/CC/C=C/CC/C=C/CCCCCCCCCC. The van der Waals surface area contributed by atoms with Crippen LogP contribution in [0.5, 0.6) is 0 Å². The topological polar surface area (TPSA) is 307 Å². The number of aliphatic hydroxyl groups is 11. The normalized spacial score (nSPS) is 29.6. The fourth-order valence-corrected chi connectivity index (χ4v) is 9.80. The van der Waals surface area contributed by atoms with E-state index in [1.807, 2.05) is 18.2 Å². The van der Waals surface area contributed by atoms with Crippen LogP contribution in [0.15, 0.2) is 122 Å². The van der Waals surface area contributed by atoms with Crippen molar-refractivity contribution in [3.63, 3.8) is 0 Å². The zero-order chi connectivity index (χ0) is 62.6. The van der Waals surface area contributed by atoms with Gasteiger partial charge in [-0.3, -0.25) is 4.79 Å². The second kappa shape index (κ2) is 48.1. The maximum atomic E-state index is 13.3. The molecule has 0 aliphatic carbocycles. The summed E-state index contributed by atoms with van der Waals surface area (Å²) in [6.07, 6.45) is 37.5. The van der Waals surface area contributed by atoms with Crippen molar-refractivity contribution in [1.82, 2.24) is 5.32 Å². The maximum absolute atomic E-state index is 13.3. The summed E-state index contributed by atoms with van der Waals surface area (Å²) in [6, 6.07) is -1.04. The van der Waals surface area contributed by atoms with Gasteiger partial charge in [-0.25, -0.2) is 0 Å². The molecule has 12 N–H and O–H groups in total. The van der Waals surface area contributed by atoms with Crippen LogP contribution in [0.3, 0.4) is 0 Å². The monoisotopic (exact) mass is 1220 g/mol. The average Bonchev–Trinajstić information content (AvgIpc) is 1.83. The van der Waals surface area contributed by atoms with E-state index in [1.165, 1.54) is 51.4 Å². The predicted molar refractivity (Wildman–Crippen MR) is 332 cm³/mol. The highest BCUT2D eigenvalue weighted by Gasteiger charge is 2.53. The van der Waals surface area contributed by atoms with Crippen molar-refractivity contribution < 1.29 is 89.4 Å². The molecule has 3 heterocycles. The van der Waals surface area contributed by atoms with Gasteiger partial charge in [-0.1, -0.05) is 180 Å². The first-order valence-electron chi connectivity index (χ1n) is 31.8. The van der Waals surface area contributed by atoms with E-state index in [0.717, 1.165) is 70.6 Å². The third kappa shape index (κ3) is 30.6. The number of carbonyl (C=O) groups is 1. The van der Waals surface area contributed by atoms with E-state index in [4.69, 9.17) is 28.4 Å². The highest BCUT2D eigenvalue weighted by Crippen LogP contribution is 2.33. The number of ether oxygens (including phenoxy) is 6. The summed E-state index contributed by atoms with van der Waals surface area (Å²) in [5, 5.41) is 120. The lowest BCUT2D eigenvalue weighted by atomic mass is 9.96. The number of rotatable bonds is 45. The van der Waals surface area contributed by atoms with Crippen LogP contribution in [-0.2, 0) is 33.2 Å². The standard InChI is InChI=1S/C67H109NO18/c1-3-5-7-9-11-13-15-17-19-21-23-24-25-26-27-29-31-33-35-37-39-41-43-45-55(73)68-50(51(72)44-42-40-38-36-34-32-30-28-22-20-18-16-14-12-10-8-6-4-2)49-81-65-61(79)58(76)63(53(47-70)83-65)86-67-62(80)59(77)64(54(48-71)84-67)85-66-60(78)57(75)56(74)52(46-69)82-66/h5,7,11,13,17,19,22-24,26-28,31,33-34,36-37,39,42,44,50-54,56-67,69-72,74-80H,3-4,6,8-10,12,14-16,18,20-21,25,29-30,32,35,38,40-41,43,45-49H2,1-2H3,(H,68,73)/b7-5-,13-11-,19-17-,24-23-,27-26-,28-22+,33-31-,36-34+,39-37-,44-42+. The molecular weight excluding hydrogens is 1110 g/mol. The molecule has 19 nitrogen and oxygen atoms in total. The van der Waals surface area contributed by atoms with Gasteiger partial charge in [0, 0.05) is 6.42 Å². The van der Waals surface area contributed by atoms with E-state index >= 15 is 0 Å². The Balaban J connectivity index is 1.52. The molecule has 19 heteroatoms. The van der Waals surface area contributed by atoms with Crippen LogP contribution in [0, 0.1) is 0 Å². The summed E-state index contributed by atoms with van der Waals surface area (Å²) in [5.74, 6) is -0.353. The zero-order valence-electron chi connectivity index (χ0n) is 51.2. The number of carbonyl (C=O) groups excluding carboxylic acids is 1. The Labute approximate surface area is 512 Å². The number of nitrogens with one attached hydrogen (secondary N) is 1. The molecular formula is C67H109NO18. The molecule has 86 heavy (non-hydrogen) atoms. The minimum atomic E-state index is -1.99. The molecule has 3 aliphatic rings. The highest BCUT2D eigenvalue weighted by atomic mass is 16.8. The molecule has 1 amide bonds. The number of hydrogen-bond acceptors (Lipinski definition) is 18. The van der Waals surface area contributed by atoms with Gasteiger partial charge in [-0.15, -0.1) is 0 Å². The van der Waals surface area contributed by atoms with Gasteiger partial charge in [0.05, 0.1) is 38.6 Å². The predicted octanol–water partition coefficient (Wildman–Crippen LogP) is 6.87. The fourth-order valence-electron chi connectivity index (χ4n) is 9.80. The van der Waals surface area contributed by atoms with Crippen LogP contribution in [-0.4, -0.2) is 193 Å². The van der Waals surface area contributed by atoms with E-state index < -0.39 is 131 Å². The van der Waals surface area contributed by atoms with Gasteiger partial charge in [-0.05, 0) is 96.3 Å². The number of allylic oxidation sites excluding steroid dienone is 19. The van der Waals surface area contributed by atoms with Gasteiger partial charge in [0.25, 0.3) is 0 Å². The molecule has 17 atom stereocenters. The lowest BCUT2D eigenvalue weighted by molar-refractivity contribution is -0.379. The number of hydrogen-bond donors (Lipinski definition) is 12. The second-order valence-corrected chi connectivity index (χ2v) is 22.1. The Morgan fingerprint density at radius 3 is 1.30 bits per heavy atom. The molecule has 0 aromatic carbocycles. The Morgan fingerprint density at radius 2 is 0.814 bits per heavy atom. The minimum Gasteiger partial charge on any atom is -0.394 e. The first-order valence-corrected chi connectivity index (χ1v) is 31.8. The van der Waals surface area contributed by atoms with E-state index in [9.17, 15) is 61.0 Å². The highest BCUT2D eigenvalue weighted by molar-refractivity contribution is 5.76. The lowest BCUT2D eigenvalue weighted by Crippen LogP contribution is -2.66. The van der Waals surface area contributed by atoms with E-state index in [2.05, 4.69) is 116 Å². The van der Waals surface area contributed by atoms with Crippen molar-refractivity contribution in [2.45, 2.75) is 266 Å². The van der Waals surface area contributed by atoms with Crippen LogP contribution >= 0.6 is 0 Å². The Bertz CT molecular complexity index is 2030. The second-order valence-electron chi connectivity index (χ2n) is 22.1. The molecule has 17 unspecified atom stereocenters. The van der Waals surface area contributed by atoms with Gasteiger partial charge in [0.1, 0.15) is 73.2 Å².